The van der Waals surface area contributed by atoms with Crippen LogP contribution in [0.15, 0.2) is 109 Å². The van der Waals surface area contributed by atoms with Crippen LogP contribution >= 0.6 is 0 Å². The molecule has 0 saturated heterocycles. The SMILES string of the molecule is C1=c2/ccc3c/c2=C/c2ccc4cc2Cc2ccc(cc2/1)OCOc1ccc2c(c1)/C=c1/ccc(c/c1=C\c1ccc(cc1C2)OCO3)OCO4. The topological polar surface area (TPSA) is 55.4 Å². The first kappa shape index (κ1) is 29.5. The summed E-state index contributed by atoms with van der Waals surface area (Å²) in [4.78, 5) is 0. The van der Waals surface area contributed by atoms with Crippen molar-refractivity contribution < 1.29 is 28.4 Å². The lowest BCUT2D eigenvalue weighted by molar-refractivity contribution is 0.119. The number of hydrogen-bond acceptors (Lipinski definition) is 6. The molecular weight excluding hydrogens is 636 g/mol. The maximum Gasteiger partial charge on any atom is 0.230 e. The molecule has 0 amide bonds. The van der Waals surface area contributed by atoms with Crippen LogP contribution in [0, 0.1) is 0 Å². The van der Waals surface area contributed by atoms with Gasteiger partial charge in [-0.05, 0) is 175 Å². The second-order valence-corrected chi connectivity index (χ2v) is 13.2. The highest BCUT2D eigenvalue weighted by molar-refractivity contribution is 5.66. The minimum atomic E-state index is 0.0699. The molecule has 6 aromatic carbocycles. The molecule has 6 heteroatoms. The largest absolute Gasteiger partial charge is 0.457 e. The first-order valence-corrected chi connectivity index (χ1v) is 17.1. The fraction of sp³-hybridized carbons (Fsp3) is 0.111. The van der Waals surface area contributed by atoms with E-state index in [9.17, 15) is 0 Å². The Morgan fingerprint density at radius 1 is 0.275 bits per heavy atom. The van der Waals surface area contributed by atoms with Gasteiger partial charge in [0.2, 0.25) is 20.4 Å². The first-order valence-electron chi connectivity index (χ1n) is 17.1. The van der Waals surface area contributed by atoms with Crippen molar-refractivity contribution in [3.63, 3.8) is 0 Å². The smallest absolute Gasteiger partial charge is 0.230 e. The van der Waals surface area contributed by atoms with Crippen molar-refractivity contribution in [2.75, 3.05) is 20.4 Å². The minimum absolute atomic E-state index is 0.0699. The Morgan fingerprint density at radius 2 is 0.627 bits per heavy atom. The van der Waals surface area contributed by atoms with Crippen molar-refractivity contribution in [2.24, 2.45) is 0 Å². The molecule has 20 rings (SSSR count). The number of hydrogen-bond donors (Lipinski definition) is 0. The third kappa shape index (κ3) is 5.85. The number of ether oxygens (including phenoxy) is 6. The lowest BCUT2D eigenvalue weighted by atomic mass is 9.96. The molecule has 0 unspecified atom stereocenters. The third-order valence-electron chi connectivity index (χ3n) is 9.94. The van der Waals surface area contributed by atoms with Gasteiger partial charge in [0.1, 0.15) is 34.5 Å². The van der Waals surface area contributed by atoms with Crippen LogP contribution in [0.25, 0.3) is 24.3 Å². The van der Waals surface area contributed by atoms with Gasteiger partial charge < -0.3 is 28.4 Å². The van der Waals surface area contributed by atoms with E-state index in [1.54, 1.807) is 0 Å². The molecule has 0 radical (unpaired) electrons. The van der Waals surface area contributed by atoms with E-state index in [4.69, 9.17) is 28.4 Å². The van der Waals surface area contributed by atoms with Gasteiger partial charge >= 0.3 is 0 Å². The quantitative estimate of drug-likeness (QED) is 0.207. The molecule has 0 aromatic heterocycles. The van der Waals surface area contributed by atoms with E-state index in [2.05, 4.69) is 97.1 Å². The predicted molar refractivity (Wildman–Crippen MR) is 195 cm³/mol. The van der Waals surface area contributed by atoms with E-state index in [0.717, 1.165) is 88.8 Å². The maximum atomic E-state index is 6.23. The van der Waals surface area contributed by atoms with Gasteiger partial charge in [-0.1, -0.05) is 36.4 Å². The van der Waals surface area contributed by atoms with Crippen LogP contribution in [0.1, 0.15) is 44.5 Å². The zero-order chi connectivity index (χ0) is 33.7. The molecule has 14 aliphatic rings. The van der Waals surface area contributed by atoms with Crippen LogP contribution in [0.5, 0.6) is 34.5 Å². The van der Waals surface area contributed by atoms with Gasteiger partial charge in [-0.3, -0.25) is 0 Å². The molecule has 51 heavy (non-hydrogen) atoms. The van der Waals surface area contributed by atoms with E-state index < -0.39 is 0 Å². The van der Waals surface area contributed by atoms with Crippen molar-refractivity contribution in [2.45, 2.75) is 12.8 Å². The van der Waals surface area contributed by atoms with Gasteiger partial charge in [-0.25, -0.2) is 0 Å². The Morgan fingerprint density at radius 3 is 1.08 bits per heavy atom. The summed E-state index contributed by atoms with van der Waals surface area (Å²) < 4.78 is 37.4. The molecule has 0 spiro atoms. The Hall–Kier alpha value is -6.40. The van der Waals surface area contributed by atoms with Gasteiger partial charge in [-0.15, -0.1) is 0 Å². The van der Waals surface area contributed by atoms with Crippen LogP contribution in [-0.2, 0) is 12.8 Å². The highest BCUT2D eigenvalue weighted by Gasteiger charge is 2.15. The molecule has 0 fully saturated rings. The molecule has 18 bridgehead atoms. The molecule has 248 valence electrons. The predicted octanol–water partition coefficient (Wildman–Crippen LogP) is 5.68. The number of rotatable bonds is 0. The van der Waals surface area contributed by atoms with E-state index in [-0.39, 0.29) is 20.4 Å². The average Bonchev–Trinajstić information content (AvgIpc) is 3.24. The van der Waals surface area contributed by atoms with E-state index >= 15 is 0 Å². The van der Waals surface area contributed by atoms with Crippen molar-refractivity contribution in [1.29, 1.82) is 0 Å². The average molecular weight is 669 g/mol. The summed E-state index contributed by atoms with van der Waals surface area (Å²) in [7, 11) is 0. The normalized spacial score (nSPS) is 17.3. The van der Waals surface area contributed by atoms with Crippen LogP contribution in [0.3, 0.4) is 0 Å². The Bertz CT molecular complexity index is 2460. The molecule has 6 nitrogen and oxygen atoms in total. The van der Waals surface area contributed by atoms with Crippen LogP contribution in [0.4, 0.5) is 0 Å². The lowest BCUT2D eigenvalue weighted by Gasteiger charge is -2.15. The van der Waals surface area contributed by atoms with Crippen LogP contribution in [0.2, 0.25) is 0 Å². The summed E-state index contributed by atoms with van der Waals surface area (Å²) in [6.07, 6.45) is 10.2. The summed E-state index contributed by atoms with van der Waals surface area (Å²) >= 11 is 0. The van der Waals surface area contributed by atoms with E-state index in [1.165, 1.54) is 11.1 Å². The molecule has 12 heterocycles. The van der Waals surface area contributed by atoms with E-state index in [0.29, 0.717) is 12.8 Å². The monoisotopic (exact) mass is 668 g/mol. The van der Waals surface area contributed by atoms with Gasteiger partial charge in [0, 0.05) is 0 Å². The highest BCUT2D eigenvalue weighted by Crippen LogP contribution is 2.29. The molecule has 6 aromatic rings. The van der Waals surface area contributed by atoms with Crippen molar-refractivity contribution in [3.8, 4) is 34.5 Å². The third-order valence-corrected chi connectivity index (χ3v) is 9.94. The Labute approximate surface area is 294 Å². The second kappa shape index (κ2) is 12.2. The summed E-state index contributed by atoms with van der Waals surface area (Å²) in [5.74, 6) is 4.38. The van der Waals surface area contributed by atoms with Gasteiger partial charge in [0.25, 0.3) is 0 Å². The maximum absolute atomic E-state index is 6.23. The van der Waals surface area contributed by atoms with Gasteiger partial charge in [0.05, 0.1) is 0 Å². The summed E-state index contributed by atoms with van der Waals surface area (Å²) in [5, 5.41) is 4.18. The lowest BCUT2D eigenvalue weighted by Crippen LogP contribution is -2.25. The van der Waals surface area contributed by atoms with Crippen molar-refractivity contribution in [3.05, 3.63) is 175 Å². The summed E-state index contributed by atoms with van der Waals surface area (Å²) in [6.45, 7) is 0.210. The molecule has 0 atom stereocenters. The molecule has 12 aliphatic heterocycles. The Balaban J connectivity index is 1.22. The zero-order valence-electron chi connectivity index (χ0n) is 27.7. The molecule has 0 saturated carbocycles. The fourth-order valence-electron chi connectivity index (χ4n) is 7.22. The minimum Gasteiger partial charge on any atom is -0.457 e. The standard InChI is InChI=1S/C45H32O6/c1-7-40-19-34-14-29-2-8-43-21-36(29)15-30-3-9-41(20-35(30)13-28(1)34)48-26-49-44-11-5-32-16-37-22-42(47-25-46-40)10-4-31(37)17-38-24-45(51-27-50-43)12-6-33(38)18-39(32)23-44/h1-14,17-24H,15-16,25-27H2/b28-13-,33-18-,34-14-,38-17+. The van der Waals surface area contributed by atoms with Gasteiger partial charge in [-0.2, -0.15) is 0 Å². The number of benzene rings is 6. The van der Waals surface area contributed by atoms with Crippen LogP contribution < -0.4 is 49.3 Å². The summed E-state index contributed by atoms with van der Waals surface area (Å²) in [5.41, 5.74) is 8.91. The Kier molecular flexibility index (Phi) is 7.05. The van der Waals surface area contributed by atoms with Crippen molar-refractivity contribution in [1.82, 2.24) is 0 Å². The van der Waals surface area contributed by atoms with E-state index in [1.807, 2.05) is 36.4 Å². The molecule has 0 N–H and O–H groups in total. The fourth-order valence-corrected chi connectivity index (χ4v) is 7.22. The zero-order valence-corrected chi connectivity index (χ0v) is 27.7. The summed E-state index contributed by atoms with van der Waals surface area (Å²) in [6, 6.07) is 37.2. The molecular formula is C45H32O6. The highest BCUT2D eigenvalue weighted by atomic mass is 16.7. The van der Waals surface area contributed by atoms with Crippen molar-refractivity contribution >= 4 is 24.3 Å². The van der Waals surface area contributed by atoms with Gasteiger partial charge in [0.15, 0.2) is 0 Å². The van der Waals surface area contributed by atoms with Crippen LogP contribution in [-0.4, -0.2) is 20.4 Å². The molecule has 2 aliphatic carbocycles. The first-order chi connectivity index (χ1) is 25.1. The second-order valence-electron chi connectivity index (χ2n) is 13.2.